The summed E-state index contributed by atoms with van der Waals surface area (Å²) in [5, 5.41) is 9.57. The highest BCUT2D eigenvalue weighted by atomic mass is 32.2. The SMILES string of the molecule is CNS(=O)(=O)c1ccc(C(=O)N2CC(O)CC2c2cccc(F)c2)o1. The van der Waals surface area contributed by atoms with Crippen molar-refractivity contribution in [3.05, 3.63) is 53.5 Å². The molecule has 2 heterocycles. The largest absolute Gasteiger partial charge is 0.438 e. The van der Waals surface area contributed by atoms with Gasteiger partial charge in [0.05, 0.1) is 12.1 Å². The maximum atomic E-state index is 13.5. The molecule has 1 saturated heterocycles. The molecule has 2 aromatic rings. The van der Waals surface area contributed by atoms with Gasteiger partial charge in [0.15, 0.2) is 5.76 Å². The monoisotopic (exact) mass is 368 g/mol. The number of β-amino-alcohol motifs (C(OH)–C–C–N with tert-alkyl or cyclic N) is 1. The Morgan fingerprint density at radius 1 is 1.36 bits per heavy atom. The second-order valence-electron chi connectivity index (χ2n) is 5.74. The van der Waals surface area contributed by atoms with E-state index in [1.807, 2.05) is 0 Å². The van der Waals surface area contributed by atoms with Gasteiger partial charge in [0.2, 0.25) is 5.09 Å². The molecule has 2 N–H and O–H groups in total. The number of nitrogens with one attached hydrogen (secondary N) is 1. The molecule has 2 atom stereocenters. The lowest BCUT2D eigenvalue weighted by atomic mass is 10.0. The first kappa shape index (κ1) is 17.6. The van der Waals surface area contributed by atoms with Crippen LogP contribution in [0.4, 0.5) is 4.39 Å². The Balaban J connectivity index is 1.90. The lowest BCUT2D eigenvalue weighted by Crippen LogP contribution is -2.31. The number of carbonyl (C=O) groups is 1. The van der Waals surface area contributed by atoms with E-state index in [-0.39, 0.29) is 23.8 Å². The van der Waals surface area contributed by atoms with E-state index in [4.69, 9.17) is 4.42 Å². The number of benzene rings is 1. The summed E-state index contributed by atoms with van der Waals surface area (Å²) in [4.78, 5) is 14.1. The molecule has 0 radical (unpaired) electrons. The van der Waals surface area contributed by atoms with Crippen LogP contribution in [0.15, 0.2) is 45.9 Å². The molecule has 134 valence electrons. The summed E-state index contributed by atoms with van der Waals surface area (Å²) in [7, 11) is -2.57. The van der Waals surface area contributed by atoms with E-state index in [1.54, 1.807) is 6.07 Å². The Bertz CT molecular complexity index is 895. The third-order valence-corrected chi connectivity index (χ3v) is 5.39. The molecule has 3 rings (SSSR count). The fourth-order valence-corrected chi connectivity index (χ4v) is 3.54. The standard InChI is InChI=1S/C16H17FN2O5S/c1-18-25(22,23)15-6-5-14(24-15)16(21)19-9-12(20)8-13(19)10-3-2-4-11(17)7-10/h2-7,12-13,18,20H,8-9H2,1H3. The van der Waals surface area contributed by atoms with Crippen molar-refractivity contribution >= 4 is 15.9 Å². The van der Waals surface area contributed by atoms with Gasteiger partial charge in [-0.1, -0.05) is 12.1 Å². The predicted molar refractivity (Wildman–Crippen MR) is 85.8 cm³/mol. The highest BCUT2D eigenvalue weighted by molar-refractivity contribution is 7.89. The normalized spacial score (nSPS) is 20.8. The number of amides is 1. The number of rotatable bonds is 4. The van der Waals surface area contributed by atoms with Crippen molar-refractivity contribution in [3.63, 3.8) is 0 Å². The van der Waals surface area contributed by atoms with Gasteiger partial charge in [-0.3, -0.25) is 4.79 Å². The molecule has 1 aliphatic rings. The van der Waals surface area contributed by atoms with Crippen LogP contribution in [0.1, 0.15) is 28.6 Å². The summed E-state index contributed by atoms with van der Waals surface area (Å²) >= 11 is 0. The van der Waals surface area contributed by atoms with Crippen molar-refractivity contribution in [2.75, 3.05) is 13.6 Å². The van der Waals surface area contributed by atoms with Gasteiger partial charge in [0.1, 0.15) is 5.82 Å². The number of likely N-dealkylation sites (tertiary alicyclic amines) is 1. The molecule has 0 aliphatic carbocycles. The first-order valence-corrected chi connectivity index (χ1v) is 9.08. The second kappa shape index (κ2) is 6.58. The van der Waals surface area contributed by atoms with Gasteiger partial charge in [-0.15, -0.1) is 0 Å². The van der Waals surface area contributed by atoms with Crippen LogP contribution in [0.3, 0.4) is 0 Å². The van der Waals surface area contributed by atoms with E-state index < -0.39 is 33.9 Å². The second-order valence-corrected chi connectivity index (χ2v) is 7.56. The van der Waals surface area contributed by atoms with Crippen LogP contribution in [-0.4, -0.2) is 44.0 Å². The number of aliphatic hydroxyl groups is 1. The van der Waals surface area contributed by atoms with Gasteiger partial charge >= 0.3 is 0 Å². The quantitative estimate of drug-likeness (QED) is 0.847. The molecule has 1 amide bonds. The molecule has 1 aromatic carbocycles. The molecular formula is C16H17FN2O5S. The maximum absolute atomic E-state index is 13.5. The molecule has 0 saturated carbocycles. The fourth-order valence-electron chi connectivity index (χ4n) is 2.89. The Hall–Kier alpha value is -2.23. The van der Waals surface area contributed by atoms with Gasteiger partial charge < -0.3 is 14.4 Å². The van der Waals surface area contributed by atoms with Crippen molar-refractivity contribution in [2.45, 2.75) is 23.7 Å². The number of halogens is 1. The van der Waals surface area contributed by atoms with E-state index in [2.05, 4.69) is 4.72 Å². The van der Waals surface area contributed by atoms with E-state index >= 15 is 0 Å². The lowest BCUT2D eigenvalue weighted by molar-refractivity contribution is 0.0677. The van der Waals surface area contributed by atoms with Crippen LogP contribution >= 0.6 is 0 Å². The predicted octanol–water partition coefficient (Wildman–Crippen LogP) is 1.27. The minimum atomic E-state index is -3.80. The highest BCUT2D eigenvalue weighted by Crippen LogP contribution is 2.34. The minimum absolute atomic E-state index is 0.0504. The molecule has 0 spiro atoms. The number of hydrogen-bond donors (Lipinski definition) is 2. The van der Waals surface area contributed by atoms with Crippen LogP contribution in [0.2, 0.25) is 0 Å². The summed E-state index contributed by atoms with van der Waals surface area (Å²) < 4.78 is 44.2. The lowest BCUT2D eigenvalue weighted by Gasteiger charge is -2.23. The molecular weight excluding hydrogens is 351 g/mol. The van der Waals surface area contributed by atoms with Gasteiger partial charge in [0.25, 0.3) is 15.9 Å². The molecule has 25 heavy (non-hydrogen) atoms. The van der Waals surface area contributed by atoms with Crippen molar-refractivity contribution in [3.8, 4) is 0 Å². The van der Waals surface area contributed by atoms with Crippen molar-refractivity contribution < 1.29 is 27.1 Å². The smallest absolute Gasteiger partial charge is 0.290 e. The molecule has 1 fully saturated rings. The minimum Gasteiger partial charge on any atom is -0.438 e. The van der Waals surface area contributed by atoms with Crippen molar-refractivity contribution in [1.29, 1.82) is 0 Å². The highest BCUT2D eigenvalue weighted by Gasteiger charge is 2.37. The summed E-state index contributed by atoms with van der Waals surface area (Å²) in [5.74, 6) is -1.17. The zero-order valence-electron chi connectivity index (χ0n) is 13.3. The zero-order chi connectivity index (χ0) is 18.2. The average Bonchev–Trinajstić information content (AvgIpc) is 3.21. The van der Waals surface area contributed by atoms with Crippen LogP contribution in [0.25, 0.3) is 0 Å². The first-order chi connectivity index (χ1) is 11.8. The topological polar surface area (TPSA) is 99.9 Å². The molecule has 2 unspecified atom stereocenters. The van der Waals surface area contributed by atoms with Crippen molar-refractivity contribution in [1.82, 2.24) is 9.62 Å². The summed E-state index contributed by atoms with van der Waals surface area (Å²) in [5.41, 5.74) is 0.555. The molecule has 7 nitrogen and oxygen atoms in total. The van der Waals surface area contributed by atoms with E-state index in [9.17, 15) is 22.7 Å². The first-order valence-electron chi connectivity index (χ1n) is 7.59. The number of hydrogen-bond acceptors (Lipinski definition) is 5. The fraction of sp³-hybridized carbons (Fsp3) is 0.312. The van der Waals surface area contributed by atoms with E-state index in [0.717, 1.165) is 0 Å². The molecule has 1 aliphatic heterocycles. The number of aliphatic hydroxyl groups excluding tert-OH is 1. The molecule has 0 bridgehead atoms. The van der Waals surface area contributed by atoms with Crippen LogP contribution < -0.4 is 4.72 Å². The van der Waals surface area contributed by atoms with Crippen LogP contribution in [0, 0.1) is 5.82 Å². The van der Waals surface area contributed by atoms with Gasteiger partial charge in [0, 0.05) is 6.54 Å². The van der Waals surface area contributed by atoms with Crippen LogP contribution in [-0.2, 0) is 10.0 Å². The maximum Gasteiger partial charge on any atom is 0.290 e. The summed E-state index contributed by atoms with van der Waals surface area (Å²) in [6.45, 7) is 0.0504. The van der Waals surface area contributed by atoms with Gasteiger partial charge in [-0.2, -0.15) is 0 Å². The average molecular weight is 368 g/mol. The number of carbonyl (C=O) groups excluding carboxylic acids is 1. The third kappa shape index (κ3) is 3.44. The Kier molecular flexibility index (Phi) is 4.63. The number of sulfonamides is 1. The zero-order valence-corrected chi connectivity index (χ0v) is 14.2. The van der Waals surface area contributed by atoms with Crippen LogP contribution in [0.5, 0.6) is 0 Å². The van der Waals surface area contributed by atoms with Gasteiger partial charge in [-0.25, -0.2) is 17.5 Å². The Morgan fingerprint density at radius 3 is 2.80 bits per heavy atom. The Labute approximate surface area is 144 Å². The molecule has 9 heteroatoms. The third-order valence-electron chi connectivity index (χ3n) is 4.10. The summed E-state index contributed by atoms with van der Waals surface area (Å²) in [6.07, 6.45) is -0.495. The van der Waals surface area contributed by atoms with E-state index in [0.29, 0.717) is 5.56 Å². The Morgan fingerprint density at radius 2 is 2.12 bits per heavy atom. The molecule has 1 aromatic heterocycles. The van der Waals surface area contributed by atoms with Crippen molar-refractivity contribution in [2.24, 2.45) is 0 Å². The number of furan rings is 1. The number of nitrogens with zero attached hydrogens (tertiary/aromatic N) is 1. The summed E-state index contributed by atoms with van der Waals surface area (Å²) in [6, 6.07) is 7.73. The van der Waals surface area contributed by atoms with E-state index in [1.165, 1.54) is 42.3 Å². The van der Waals surface area contributed by atoms with Gasteiger partial charge in [-0.05, 0) is 43.3 Å².